The minimum Gasteiger partial charge on any atom is -0.346 e. The van der Waals surface area contributed by atoms with E-state index in [4.69, 9.17) is 0 Å². The van der Waals surface area contributed by atoms with Gasteiger partial charge in [-0.1, -0.05) is 61.4 Å². The first-order valence-electron chi connectivity index (χ1n) is 10.5. The summed E-state index contributed by atoms with van der Waals surface area (Å²) in [7, 11) is 0. The van der Waals surface area contributed by atoms with E-state index >= 15 is 0 Å². The third-order valence-electron chi connectivity index (χ3n) is 6.00. The van der Waals surface area contributed by atoms with Gasteiger partial charge in [0.1, 0.15) is 0 Å². The molecule has 0 aliphatic heterocycles. The maximum atomic E-state index is 13.0. The molecule has 1 fully saturated rings. The summed E-state index contributed by atoms with van der Waals surface area (Å²) in [6, 6.07) is 21.3. The molecule has 0 bridgehead atoms. The molecule has 1 aromatic heterocycles. The molecule has 1 aliphatic rings. The quantitative estimate of drug-likeness (QED) is 0.548. The van der Waals surface area contributed by atoms with E-state index < -0.39 is 0 Å². The van der Waals surface area contributed by atoms with Crippen LogP contribution in [0.15, 0.2) is 71.5 Å². The van der Waals surface area contributed by atoms with Gasteiger partial charge in [0.15, 0.2) is 0 Å². The molecule has 5 heteroatoms. The van der Waals surface area contributed by atoms with Crippen molar-refractivity contribution in [1.82, 2.24) is 15.1 Å². The number of hydrogen-bond acceptors (Lipinski definition) is 3. The predicted molar refractivity (Wildman–Crippen MR) is 119 cm³/mol. The van der Waals surface area contributed by atoms with Crippen molar-refractivity contribution in [3.63, 3.8) is 0 Å². The Bertz CT molecular complexity index is 1300. The zero-order valence-corrected chi connectivity index (χ0v) is 16.7. The van der Waals surface area contributed by atoms with E-state index in [-0.39, 0.29) is 24.1 Å². The molecule has 0 spiro atoms. The van der Waals surface area contributed by atoms with Crippen molar-refractivity contribution < 1.29 is 4.79 Å². The van der Waals surface area contributed by atoms with Crippen molar-refractivity contribution in [3.05, 3.63) is 88.3 Å². The highest BCUT2D eigenvalue weighted by atomic mass is 16.1. The Labute approximate surface area is 174 Å². The number of aromatic nitrogens is 2. The highest BCUT2D eigenvalue weighted by Gasteiger charge is 2.21. The minimum atomic E-state index is -0.148. The van der Waals surface area contributed by atoms with Gasteiger partial charge in [-0.15, -0.1) is 0 Å². The summed E-state index contributed by atoms with van der Waals surface area (Å²) in [5.41, 5.74) is 1.30. The molecule has 5 rings (SSSR count). The topological polar surface area (TPSA) is 64.0 Å². The first kappa shape index (κ1) is 18.6. The molecule has 150 valence electrons. The van der Waals surface area contributed by atoms with Crippen molar-refractivity contribution in [3.8, 4) is 0 Å². The molecule has 0 atom stereocenters. The van der Waals surface area contributed by atoms with Crippen molar-refractivity contribution in [2.24, 2.45) is 0 Å². The van der Waals surface area contributed by atoms with Crippen LogP contribution < -0.4 is 10.9 Å². The molecule has 1 heterocycles. The molecule has 0 radical (unpaired) electrons. The monoisotopic (exact) mass is 397 g/mol. The summed E-state index contributed by atoms with van der Waals surface area (Å²) >= 11 is 0. The standard InChI is InChI=1S/C25H23N3O2/c29-24(19-14-13-17-7-1-2-8-18(17)15-19)26-16-23-21-11-5-6-12-22(21)25(30)28(27-23)20-9-3-4-10-20/h1-2,5-8,11-15,20H,3-4,9-10,16H2,(H,26,29). The van der Waals surface area contributed by atoms with E-state index in [9.17, 15) is 9.59 Å². The largest absolute Gasteiger partial charge is 0.346 e. The average molecular weight is 397 g/mol. The zero-order valence-electron chi connectivity index (χ0n) is 16.7. The van der Waals surface area contributed by atoms with Crippen LogP contribution in [0.4, 0.5) is 0 Å². The predicted octanol–water partition coefficient (Wildman–Crippen LogP) is 4.59. The normalized spacial score (nSPS) is 14.4. The number of nitrogens with one attached hydrogen (secondary N) is 1. The molecular weight excluding hydrogens is 374 g/mol. The molecule has 5 nitrogen and oxygen atoms in total. The van der Waals surface area contributed by atoms with Crippen LogP contribution >= 0.6 is 0 Å². The van der Waals surface area contributed by atoms with E-state index in [0.717, 1.165) is 47.5 Å². The fourth-order valence-corrected chi connectivity index (χ4v) is 4.40. The van der Waals surface area contributed by atoms with Gasteiger partial charge in [-0.25, -0.2) is 4.68 Å². The van der Waals surface area contributed by atoms with Gasteiger partial charge in [-0.05, 0) is 41.8 Å². The average Bonchev–Trinajstić information content (AvgIpc) is 3.33. The Kier molecular flexibility index (Phi) is 4.79. The lowest BCUT2D eigenvalue weighted by Crippen LogP contribution is -2.30. The third-order valence-corrected chi connectivity index (χ3v) is 6.00. The SMILES string of the molecule is O=C(NCc1nn(C2CCCC2)c(=O)c2ccccc12)c1ccc2ccccc2c1. The first-order valence-corrected chi connectivity index (χ1v) is 10.5. The summed E-state index contributed by atoms with van der Waals surface area (Å²) in [6.07, 6.45) is 4.21. The van der Waals surface area contributed by atoms with Crippen molar-refractivity contribution in [1.29, 1.82) is 0 Å². The Morgan fingerprint density at radius 3 is 2.43 bits per heavy atom. The van der Waals surface area contributed by atoms with Crippen LogP contribution in [0, 0.1) is 0 Å². The van der Waals surface area contributed by atoms with Crippen LogP contribution in [-0.2, 0) is 6.54 Å². The Hall–Kier alpha value is -3.47. The van der Waals surface area contributed by atoms with Gasteiger partial charge < -0.3 is 5.32 Å². The summed E-state index contributed by atoms with van der Waals surface area (Å²) in [4.78, 5) is 25.8. The van der Waals surface area contributed by atoms with Gasteiger partial charge >= 0.3 is 0 Å². The lowest BCUT2D eigenvalue weighted by Gasteiger charge is -2.16. The lowest BCUT2D eigenvalue weighted by atomic mass is 10.1. The second-order valence-corrected chi connectivity index (χ2v) is 7.92. The van der Waals surface area contributed by atoms with Crippen LogP contribution in [0.5, 0.6) is 0 Å². The fourth-order valence-electron chi connectivity index (χ4n) is 4.40. The van der Waals surface area contributed by atoms with E-state index in [1.165, 1.54) is 0 Å². The molecule has 0 unspecified atom stereocenters. The third kappa shape index (κ3) is 3.36. The van der Waals surface area contributed by atoms with Crippen LogP contribution in [0.3, 0.4) is 0 Å². The Morgan fingerprint density at radius 2 is 1.63 bits per heavy atom. The number of carbonyl (C=O) groups is 1. The number of fused-ring (bicyclic) bond motifs is 2. The van der Waals surface area contributed by atoms with Crippen molar-refractivity contribution >= 4 is 27.5 Å². The van der Waals surface area contributed by atoms with Gasteiger partial charge in [0.2, 0.25) is 0 Å². The van der Waals surface area contributed by atoms with Crippen molar-refractivity contribution in [2.45, 2.75) is 38.3 Å². The molecule has 30 heavy (non-hydrogen) atoms. The number of nitrogens with zero attached hydrogens (tertiary/aromatic N) is 2. The molecule has 3 aromatic carbocycles. The molecule has 4 aromatic rings. The van der Waals surface area contributed by atoms with Gasteiger partial charge in [0.05, 0.1) is 23.7 Å². The number of amides is 1. The van der Waals surface area contributed by atoms with Gasteiger partial charge in [0.25, 0.3) is 11.5 Å². The van der Waals surface area contributed by atoms with Crippen molar-refractivity contribution in [2.75, 3.05) is 0 Å². The number of hydrogen-bond donors (Lipinski definition) is 1. The summed E-state index contributed by atoms with van der Waals surface area (Å²) in [5, 5.41) is 11.3. The van der Waals surface area contributed by atoms with E-state index in [1.54, 1.807) is 4.68 Å². The van der Waals surface area contributed by atoms with E-state index in [1.807, 2.05) is 66.7 Å². The first-order chi connectivity index (χ1) is 14.7. The van der Waals surface area contributed by atoms with Gasteiger partial charge in [-0.3, -0.25) is 9.59 Å². The van der Waals surface area contributed by atoms with Gasteiger partial charge in [0, 0.05) is 10.9 Å². The van der Waals surface area contributed by atoms with Crippen LogP contribution in [0.25, 0.3) is 21.5 Å². The number of rotatable bonds is 4. The Balaban J connectivity index is 1.46. The fraction of sp³-hybridized carbons (Fsp3) is 0.240. The van der Waals surface area contributed by atoms with Crippen LogP contribution in [-0.4, -0.2) is 15.7 Å². The molecule has 1 amide bonds. The number of benzene rings is 3. The maximum Gasteiger partial charge on any atom is 0.274 e. The second-order valence-electron chi connectivity index (χ2n) is 7.92. The van der Waals surface area contributed by atoms with E-state index in [0.29, 0.717) is 10.9 Å². The summed E-state index contributed by atoms with van der Waals surface area (Å²) in [6.45, 7) is 0.277. The second kappa shape index (κ2) is 7.75. The van der Waals surface area contributed by atoms with E-state index in [2.05, 4.69) is 10.4 Å². The number of carbonyl (C=O) groups excluding carboxylic acids is 1. The summed E-state index contributed by atoms with van der Waals surface area (Å²) in [5.74, 6) is -0.148. The Morgan fingerprint density at radius 1 is 0.933 bits per heavy atom. The maximum absolute atomic E-state index is 13.0. The molecule has 1 N–H and O–H groups in total. The molecule has 1 aliphatic carbocycles. The zero-order chi connectivity index (χ0) is 20.5. The molecular formula is C25H23N3O2. The summed E-state index contributed by atoms with van der Waals surface area (Å²) < 4.78 is 1.65. The van der Waals surface area contributed by atoms with Crippen LogP contribution in [0.1, 0.15) is 47.8 Å². The highest BCUT2D eigenvalue weighted by Crippen LogP contribution is 2.28. The smallest absolute Gasteiger partial charge is 0.274 e. The minimum absolute atomic E-state index is 0.0397. The molecule has 0 saturated heterocycles. The lowest BCUT2D eigenvalue weighted by molar-refractivity contribution is 0.0950. The van der Waals surface area contributed by atoms with Gasteiger partial charge in [-0.2, -0.15) is 5.10 Å². The van der Waals surface area contributed by atoms with Crippen LogP contribution in [0.2, 0.25) is 0 Å². The molecule has 1 saturated carbocycles. The highest BCUT2D eigenvalue weighted by molar-refractivity contribution is 5.98.